The molecular formula is C16H21BrClNO. The van der Waals surface area contributed by atoms with Gasteiger partial charge in [-0.05, 0) is 49.3 Å². The molecule has 1 aromatic rings. The van der Waals surface area contributed by atoms with Gasteiger partial charge in [-0.3, -0.25) is 4.79 Å². The second-order valence-corrected chi connectivity index (χ2v) is 6.71. The van der Waals surface area contributed by atoms with Crippen molar-refractivity contribution in [1.29, 1.82) is 0 Å². The molecular weight excluding hydrogens is 338 g/mol. The highest BCUT2D eigenvalue weighted by Crippen LogP contribution is 2.30. The van der Waals surface area contributed by atoms with Gasteiger partial charge in [-0.2, -0.15) is 0 Å². The highest BCUT2D eigenvalue weighted by Gasteiger charge is 2.24. The quantitative estimate of drug-likeness (QED) is 0.784. The van der Waals surface area contributed by atoms with Crippen molar-refractivity contribution in [2.24, 2.45) is 11.8 Å². The van der Waals surface area contributed by atoms with Gasteiger partial charge in [0.05, 0.1) is 0 Å². The molecule has 2 nitrogen and oxygen atoms in total. The summed E-state index contributed by atoms with van der Waals surface area (Å²) in [4.78, 5) is 12.3. The number of halogens is 2. The Balaban J connectivity index is 1.96. The molecule has 0 saturated heterocycles. The minimum atomic E-state index is -0.0103. The van der Waals surface area contributed by atoms with Gasteiger partial charge in [-0.25, -0.2) is 0 Å². The number of amides is 1. The summed E-state index contributed by atoms with van der Waals surface area (Å²) in [5.74, 6) is 1.26. The predicted molar refractivity (Wildman–Crippen MR) is 87.8 cm³/mol. The van der Waals surface area contributed by atoms with Crippen molar-refractivity contribution < 1.29 is 4.79 Å². The fraction of sp³-hybridized carbons (Fsp3) is 0.562. The molecule has 2 rings (SSSR count). The van der Waals surface area contributed by atoms with E-state index in [0.717, 1.165) is 17.4 Å². The average molecular weight is 359 g/mol. The molecule has 2 atom stereocenters. The van der Waals surface area contributed by atoms with Crippen LogP contribution in [0.4, 0.5) is 0 Å². The Kier molecular flexibility index (Phi) is 5.91. The lowest BCUT2D eigenvalue weighted by molar-refractivity contribution is 0.0936. The second kappa shape index (κ2) is 7.46. The van der Waals surface area contributed by atoms with Crippen molar-refractivity contribution in [2.45, 2.75) is 32.6 Å². The van der Waals surface area contributed by atoms with Crippen LogP contribution in [-0.4, -0.2) is 17.8 Å². The Morgan fingerprint density at radius 1 is 1.35 bits per heavy atom. The minimum absolute atomic E-state index is 0.0103. The number of alkyl halides is 1. The van der Waals surface area contributed by atoms with Crippen LogP contribution in [0.15, 0.2) is 18.2 Å². The van der Waals surface area contributed by atoms with Crippen molar-refractivity contribution in [2.75, 3.05) is 11.9 Å². The van der Waals surface area contributed by atoms with E-state index in [-0.39, 0.29) is 5.91 Å². The maximum Gasteiger partial charge on any atom is 0.251 e. The van der Waals surface area contributed by atoms with Crippen molar-refractivity contribution in [1.82, 2.24) is 5.32 Å². The van der Waals surface area contributed by atoms with Gasteiger partial charge in [0.1, 0.15) is 0 Å². The third kappa shape index (κ3) is 3.98. The van der Waals surface area contributed by atoms with Gasteiger partial charge >= 0.3 is 0 Å². The van der Waals surface area contributed by atoms with Crippen LogP contribution >= 0.6 is 27.5 Å². The number of carbonyl (C=O) groups excluding carboxylic acids is 1. The summed E-state index contributed by atoms with van der Waals surface area (Å²) in [6, 6.07) is 5.45. The van der Waals surface area contributed by atoms with E-state index in [4.69, 9.17) is 11.6 Å². The number of rotatable bonds is 4. The van der Waals surface area contributed by atoms with Crippen LogP contribution in [0.1, 0.15) is 41.6 Å². The average Bonchev–Trinajstić information content (AvgIpc) is 2.47. The molecule has 4 heteroatoms. The van der Waals surface area contributed by atoms with E-state index in [1.165, 1.54) is 25.7 Å². The fourth-order valence-electron chi connectivity index (χ4n) is 2.91. The topological polar surface area (TPSA) is 29.1 Å². The molecule has 1 saturated carbocycles. The van der Waals surface area contributed by atoms with Crippen LogP contribution in [0.2, 0.25) is 5.02 Å². The number of carbonyl (C=O) groups is 1. The molecule has 0 radical (unpaired) electrons. The van der Waals surface area contributed by atoms with Crippen LogP contribution in [0, 0.1) is 18.8 Å². The summed E-state index contributed by atoms with van der Waals surface area (Å²) in [6.45, 7) is 2.70. The predicted octanol–water partition coefficient (Wildman–Crippen LogP) is 4.58. The van der Waals surface area contributed by atoms with Crippen molar-refractivity contribution >= 4 is 33.4 Å². The van der Waals surface area contributed by atoms with Gasteiger partial charge in [-0.15, -0.1) is 0 Å². The van der Waals surface area contributed by atoms with Gasteiger partial charge in [0.2, 0.25) is 0 Å². The van der Waals surface area contributed by atoms with E-state index >= 15 is 0 Å². The lowest BCUT2D eigenvalue weighted by Crippen LogP contribution is -2.35. The first kappa shape index (κ1) is 15.8. The summed E-state index contributed by atoms with van der Waals surface area (Å²) < 4.78 is 0. The minimum Gasteiger partial charge on any atom is -0.352 e. The van der Waals surface area contributed by atoms with Crippen LogP contribution in [0.5, 0.6) is 0 Å². The summed E-state index contributed by atoms with van der Waals surface area (Å²) in [6.07, 6.45) is 5.07. The maximum atomic E-state index is 12.3. The molecule has 1 amide bonds. The highest BCUT2D eigenvalue weighted by atomic mass is 79.9. The molecule has 1 aromatic carbocycles. The first-order valence-electron chi connectivity index (χ1n) is 7.22. The van der Waals surface area contributed by atoms with Gasteiger partial charge in [0.25, 0.3) is 5.91 Å². The maximum absolute atomic E-state index is 12.3. The standard InChI is InChI=1S/C16H21BrClNO/c1-11-6-7-14(18)8-15(11)16(20)19-10-13-5-3-2-4-12(13)9-17/h6-8,12-13H,2-5,9-10H2,1H3,(H,19,20). The Morgan fingerprint density at radius 2 is 2.05 bits per heavy atom. The molecule has 0 aliphatic heterocycles. The third-order valence-electron chi connectivity index (χ3n) is 4.23. The molecule has 110 valence electrons. The van der Waals surface area contributed by atoms with Gasteiger partial charge < -0.3 is 5.32 Å². The normalized spacial score (nSPS) is 22.6. The van der Waals surface area contributed by atoms with E-state index in [0.29, 0.717) is 22.4 Å². The molecule has 0 heterocycles. The van der Waals surface area contributed by atoms with E-state index in [1.54, 1.807) is 6.07 Å². The smallest absolute Gasteiger partial charge is 0.251 e. The van der Waals surface area contributed by atoms with Crippen LogP contribution < -0.4 is 5.32 Å². The Morgan fingerprint density at radius 3 is 2.75 bits per heavy atom. The lowest BCUT2D eigenvalue weighted by Gasteiger charge is -2.30. The zero-order valence-corrected chi connectivity index (χ0v) is 14.1. The monoisotopic (exact) mass is 357 g/mol. The molecule has 2 unspecified atom stereocenters. The van der Waals surface area contributed by atoms with E-state index in [1.807, 2.05) is 19.1 Å². The van der Waals surface area contributed by atoms with E-state index in [2.05, 4.69) is 21.2 Å². The molecule has 20 heavy (non-hydrogen) atoms. The molecule has 0 spiro atoms. The highest BCUT2D eigenvalue weighted by molar-refractivity contribution is 9.09. The van der Waals surface area contributed by atoms with E-state index in [9.17, 15) is 4.79 Å². The summed E-state index contributed by atoms with van der Waals surface area (Å²) in [7, 11) is 0. The Hall–Kier alpha value is -0.540. The number of hydrogen-bond acceptors (Lipinski definition) is 1. The molecule has 1 N–H and O–H groups in total. The molecule has 0 aromatic heterocycles. The SMILES string of the molecule is Cc1ccc(Cl)cc1C(=O)NCC1CCCCC1CBr. The zero-order valence-electron chi connectivity index (χ0n) is 11.8. The third-order valence-corrected chi connectivity index (χ3v) is 5.30. The van der Waals surface area contributed by atoms with Crippen LogP contribution in [-0.2, 0) is 0 Å². The van der Waals surface area contributed by atoms with Crippen LogP contribution in [0.3, 0.4) is 0 Å². The Labute approximate surface area is 134 Å². The fourth-order valence-corrected chi connectivity index (χ4v) is 3.94. The molecule has 1 aliphatic rings. The largest absolute Gasteiger partial charge is 0.352 e. The number of aryl methyl sites for hydroxylation is 1. The van der Waals surface area contributed by atoms with Crippen LogP contribution in [0.25, 0.3) is 0 Å². The van der Waals surface area contributed by atoms with Crippen molar-refractivity contribution in [3.63, 3.8) is 0 Å². The summed E-state index contributed by atoms with van der Waals surface area (Å²) in [5, 5.41) is 4.72. The van der Waals surface area contributed by atoms with Gasteiger partial charge in [-0.1, -0.05) is 46.4 Å². The number of hydrogen-bond donors (Lipinski definition) is 1. The van der Waals surface area contributed by atoms with Gasteiger partial charge in [0.15, 0.2) is 0 Å². The summed E-state index contributed by atoms with van der Waals surface area (Å²) >= 11 is 9.56. The van der Waals surface area contributed by atoms with Gasteiger partial charge in [0, 0.05) is 22.5 Å². The second-order valence-electron chi connectivity index (χ2n) is 5.63. The van der Waals surface area contributed by atoms with Crippen molar-refractivity contribution in [3.8, 4) is 0 Å². The zero-order chi connectivity index (χ0) is 14.5. The first-order chi connectivity index (χ1) is 9.61. The molecule has 1 fully saturated rings. The lowest BCUT2D eigenvalue weighted by atomic mass is 9.80. The summed E-state index contributed by atoms with van der Waals surface area (Å²) in [5.41, 5.74) is 1.65. The number of benzene rings is 1. The Bertz CT molecular complexity index is 478. The molecule has 1 aliphatic carbocycles. The van der Waals surface area contributed by atoms with Crippen molar-refractivity contribution in [3.05, 3.63) is 34.3 Å². The van der Waals surface area contributed by atoms with E-state index < -0.39 is 0 Å². The number of nitrogens with one attached hydrogen (secondary N) is 1. The molecule has 0 bridgehead atoms. The first-order valence-corrected chi connectivity index (χ1v) is 8.72.